The molecule has 0 heterocycles. The van der Waals surface area contributed by atoms with Gasteiger partial charge in [0.25, 0.3) is 0 Å². The van der Waals surface area contributed by atoms with Gasteiger partial charge in [0.05, 0.1) is 6.54 Å². The molecule has 0 aromatic heterocycles. The highest BCUT2D eigenvalue weighted by molar-refractivity contribution is 5.85. The largest absolute Gasteiger partial charge is 0.480 e. The summed E-state index contributed by atoms with van der Waals surface area (Å²) < 4.78 is 13.0. The lowest BCUT2D eigenvalue weighted by Gasteiger charge is -2.27. The fourth-order valence-corrected chi connectivity index (χ4v) is 1.83. The third-order valence-corrected chi connectivity index (χ3v) is 2.92. The zero-order valence-corrected chi connectivity index (χ0v) is 12.4. The van der Waals surface area contributed by atoms with Crippen molar-refractivity contribution >= 4 is 11.9 Å². The van der Waals surface area contributed by atoms with Crippen molar-refractivity contribution in [1.29, 1.82) is 0 Å². The first-order valence-electron chi connectivity index (χ1n) is 6.67. The van der Waals surface area contributed by atoms with E-state index in [1.54, 1.807) is 32.9 Å². The molecule has 0 fully saturated rings. The number of rotatable bonds is 6. The Morgan fingerprint density at radius 2 is 2.00 bits per heavy atom. The van der Waals surface area contributed by atoms with Crippen LogP contribution in [0.15, 0.2) is 24.3 Å². The van der Waals surface area contributed by atoms with Crippen molar-refractivity contribution in [3.63, 3.8) is 0 Å². The van der Waals surface area contributed by atoms with Crippen LogP contribution in [0.4, 0.5) is 4.39 Å². The van der Waals surface area contributed by atoms with Crippen LogP contribution in [-0.2, 0) is 16.1 Å². The molecule has 0 saturated carbocycles. The highest BCUT2D eigenvalue weighted by Crippen LogP contribution is 2.19. The molecular formula is C15H21FN2O3. The number of carbonyl (C=O) groups excluding carboxylic acids is 1. The van der Waals surface area contributed by atoms with Gasteiger partial charge in [0.2, 0.25) is 5.91 Å². The summed E-state index contributed by atoms with van der Waals surface area (Å²) in [5, 5.41) is 14.4. The summed E-state index contributed by atoms with van der Waals surface area (Å²) >= 11 is 0. The summed E-state index contributed by atoms with van der Waals surface area (Å²) in [7, 11) is 0. The summed E-state index contributed by atoms with van der Waals surface area (Å²) in [6.45, 7) is 5.53. The fourth-order valence-electron chi connectivity index (χ4n) is 1.83. The van der Waals surface area contributed by atoms with Gasteiger partial charge >= 0.3 is 5.97 Å². The smallest absolute Gasteiger partial charge is 0.326 e. The van der Waals surface area contributed by atoms with Gasteiger partial charge < -0.3 is 15.7 Å². The molecular weight excluding hydrogens is 275 g/mol. The monoisotopic (exact) mass is 296 g/mol. The van der Waals surface area contributed by atoms with Crippen molar-refractivity contribution in [2.45, 2.75) is 33.4 Å². The highest BCUT2D eigenvalue weighted by atomic mass is 19.1. The predicted molar refractivity (Wildman–Crippen MR) is 77.1 cm³/mol. The fraction of sp³-hybridized carbons (Fsp3) is 0.467. The Kier molecular flexibility index (Phi) is 5.84. The Labute approximate surface area is 123 Å². The zero-order chi connectivity index (χ0) is 16.0. The lowest BCUT2D eigenvalue weighted by Crippen LogP contribution is -2.51. The Morgan fingerprint density at radius 1 is 1.33 bits per heavy atom. The second-order valence-electron chi connectivity index (χ2n) is 5.94. The Balaban J connectivity index is 2.45. The number of aliphatic carboxylic acids is 1. The first kappa shape index (κ1) is 17.1. The number of halogens is 1. The molecule has 0 saturated heterocycles. The first-order valence-corrected chi connectivity index (χ1v) is 6.67. The Bertz CT molecular complexity index is 512. The van der Waals surface area contributed by atoms with E-state index in [2.05, 4.69) is 10.6 Å². The molecule has 3 N–H and O–H groups in total. The van der Waals surface area contributed by atoms with E-state index in [0.29, 0.717) is 12.1 Å². The van der Waals surface area contributed by atoms with Crippen LogP contribution in [0.2, 0.25) is 0 Å². The van der Waals surface area contributed by atoms with Gasteiger partial charge in [-0.05, 0) is 23.1 Å². The topological polar surface area (TPSA) is 78.4 Å². The second kappa shape index (κ2) is 7.17. The quantitative estimate of drug-likeness (QED) is 0.744. The van der Waals surface area contributed by atoms with E-state index in [0.717, 1.165) is 0 Å². The standard InChI is InChI=1S/C15H21FN2O3/c1-15(2,3)13(14(20)21)18-12(19)9-17-8-10-5-4-6-11(16)7-10/h4-7,13,17H,8-9H2,1-3H3,(H,18,19)(H,20,21)/t13-/m1/s1. The third kappa shape index (κ3) is 5.91. The van der Waals surface area contributed by atoms with Crippen LogP contribution in [0.3, 0.4) is 0 Å². The number of hydrogen-bond donors (Lipinski definition) is 3. The maximum Gasteiger partial charge on any atom is 0.326 e. The van der Waals surface area contributed by atoms with Crippen molar-refractivity contribution in [1.82, 2.24) is 10.6 Å². The maximum absolute atomic E-state index is 13.0. The van der Waals surface area contributed by atoms with E-state index in [-0.39, 0.29) is 12.4 Å². The molecule has 1 aromatic rings. The number of carbonyl (C=O) groups is 2. The number of benzene rings is 1. The molecule has 1 rings (SSSR count). The molecule has 0 spiro atoms. The molecule has 116 valence electrons. The Morgan fingerprint density at radius 3 is 2.52 bits per heavy atom. The predicted octanol–water partition coefficient (Wildman–Crippen LogP) is 1.53. The van der Waals surface area contributed by atoms with Crippen LogP contribution in [0.25, 0.3) is 0 Å². The molecule has 6 heteroatoms. The number of nitrogens with one attached hydrogen (secondary N) is 2. The summed E-state index contributed by atoms with van der Waals surface area (Å²) in [6, 6.07) is 5.09. The molecule has 0 radical (unpaired) electrons. The first-order chi connectivity index (χ1) is 9.70. The van der Waals surface area contributed by atoms with Crippen LogP contribution >= 0.6 is 0 Å². The molecule has 1 amide bonds. The molecule has 1 atom stereocenters. The molecule has 0 aliphatic carbocycles. The van der Waals surface area contributed by atoms with Gasteiger partial charge in [-0.1, -0.05) is 32.9 Å². The van der Waals surface area contributed by atoms with Crippen LogP contribution in [0.1, 0.15) is 26.3 Å². The lowest BCUT2D eigenvalue weighted by atomic mass is 9.87. The zero-order valence-electron chi connectivity index (χ0n) is 12.4. The average molecular weight is 296 g/mol. The molecule has 0 bridgehead atoms. The van der Waals surface area contributed by atoms with Gasteiger partial charge in [-0.3, -0.25) is 4.79 Å². The SMILES string of the molecule is CC(C)(C)[C@H](NC(=O)CNCc1cccc(F)c1)C(=O)O. The van der Waals surface area contributed by atoms with Crippen LogP contribution in [0.5, 0.6) is 0 Å². The molecule has 5 nitrogen and oxygen atoms in total. The highest BCUT2D eigenvalue weighted by Gasteiger charge is 2.32. The van der Waals surface area contributed by atoms with E-state index in [1.165, 1.54) is 12.1 Å². The third-order valence-electron chi connectivity index (χ3n) is 2.92. The minimum Gasteiger partial charge on any atom is -0.480 e. The number of amides is 1. The number of hydrogen-bond acceptors (Lipinski definition) is 3. The lowest BCUT2D eigenvalue weighted by molar-refractivity contribution is -0.144. The van der Waals surface area contributed by atoms with E-state index in [4.69, 9.17) is 5.11 Å². The van der Waals surface area contributed by atoms with Crippen molar-refractivity contribution in [3.8, 4) is 0 Å². The second-order valence-corrected chi connectivity index (χ2v) is 5.94. The van der Waals surface area contributed by atoms with Gasteiger partial charge in [0.1, 0.15) is 11.9 Å². The van der Waals surface area contributed by atoms with Crippen molar-refractivity contribution in [2.75, 3.05) is 6.54 Å². The van der Waals surface area contributed by atoms with Crippen molar-refractivity contribution in [2.24, 2.45) is 5.41 Å². The molecule has 21 heavy (non-hydrogen) atoms. The van der Waals surface area contributed by atoms with Crippen LogP contribution in [0, 0.1) is 11.2 Å². The van der Waals surface area contributed by atoms with E-state index < -0.39 is 23.3 Å². The average Bonchev–Trinajstić information content (AvgIpc) is 2.34. The Hall–Kier alpha value is -1.95. The van der Waals surface area contributed by atoms with Gasteiger partial charge in [-0.2, -0.15) is 0 Å². The summed E-state index contributed by atoms with van der Waals surface area (Å²) in [5.41, 5.74) is 0.137. The molecule has 0 unspecified atom stereocenters. The van der Waals surface area contributed by atoms with E-state index in [1.807, 2.05) is 0 Å². The van der Waals surface area contributed by atoms with Gasteiger partial charge in [-0.15, -0.1) is 0 Å². The summed E-state index contributed by atoms with van der Waals surface area (Å²) in [6.07, 6.45) is 0. The summed E-state index contributed by atoms with van der Waals surface area (Å²) in [5.74, 6) is -1.81. The molecule has 0 aliphatic rings. The van der Waals surface area contributed by atoms with E-state index >= 15 is 0 Å². The van der Waals surface area contributed by atoms with E-state index in [9.17, 15) is 14.0 Å². The maximum atomic E-state index is 13.0. The van der Waals surface area contributed by atoms with Gasteiger partial charge in [0.15, 0.2) is 0 Å². The minimum atomic E-state index is -1.07. The van der Waals surface area contributed by atoms with Gasteiger partial charge in [-0.25, -0.2) is 9.18 Å². The normalized spacial score (nSPS) is 12.8. The number of carboxylic acids is 1. The van der Waals surface area contributed by atoms with Crippen LogP contribution in [-0.4, -0.2) is 29.6 Å². The molecule has 1 aromatic carbocycles. The minimum absolute atomic E-state index is 0.0314. The van der Waals surface area contributed by atoms with Crippen molar-refractivity contribution in [3.05, 3.63) is 35.6 Å². The van der Waals surface area contributed by atoms with Gasteiger partial charge in [0, 0.05) is 6.54 Å². The molecule has 0 aliphatic heterocycles. The van der Waals surface area contributed by atoms with Crippen molar-refractivity contribution < 1.29 is 19.1 Å². The number of carboxylic acid groups (broad SMARTS) is 1. The summed E-state index contributed by atoms with van der Waals surface area (Å²) in [4.78, 5) is 22.9. The van der Waals surface area contributed by atoms with Crippen LogP contribution < -0.4 is 10.6 Å².